The zero-order chi connectivity index (χ0) is 13.9. The van der Waals surface area contributed by atoms with Gasteiger partial charge in [-0.05, 0) is 12.1 Å². The Morgan fingerprint density at radius 1 is 1.26 bits per heavy atom. The number of ether oxygens (including phenoxy) is 1. The smallest absolute Gasteiger partial charge is 0.329 e. The maximum absolute atomic E-state index is 11.5. The van der Waals surface area contributed by atoms with E-state index in [-0.39, 0.29) is 5.56 Å². The Hall–Kier alpha value is -2.08. The summed E-state index contributed by atoms with van der Waals surface area (Å²) in [6, 6.07) is 6.63. The van der Waals surface area contributed by atoms with Gasteiger partial charge < -0.3 is 20.9 Å². The summed E-state index contributed by atoms with van der Waals surface area (Å²) >= 11 is 0. The Morgan fingerprint density at radius 2 is 1.89 bits per heavy atom. The van der Waals surface area contributed by atoms with Crippen LogP contribution in [0.15, 0.2) is 24.3 Å². The van der Waals surface area contributed by atoms with E-state index in [1.807, 2.05) is 0 Å². The number of rotatable bonds is 4. The third-order valence-electron chi connectivity index (χ3n) is 3.32. The topological polar surface area (TPSA) is 102 Å². The summed E-state index contributed by atoms with van der Waals surface area (Å²) in [6.45, 7) is 0.746. The zero-order valence-electron chi connectivity index (χ0n) is 10.4. The van der Waals surface area contributed by atoms with Crippen LogP contribution < -0.4 is 11.1 Å². The molecule has 1 aliphatic rings. The van der Waals surface area contributed by atoms with Crippen LogP contribution in [0.1, 0.15) is 23.2 Å². The van der Waals surface area contributed by atoms with Crippen molar-refractivity contribution in [1.29, 1.82) is 0 Å². The first-order valence-corrected chi connectivity index (χ1v) is 6.03. The lowest BCUT2D eigenvalue weighted by molar-refractivity contribution is -0.145. The fraction of sp³-hybridized carbons (Fsp3) is 0.385. The summed E-state index contributed by atoms with van der Waals surface area (Å²) in [5.41, 5.74) is 4.91. The van der Waals surface area contributed by atoms with Gasteiger partial charge in [-0.2, -0.15) is 0 Å². The number of nitrogens with two attached hydrogens (primary N) is 1. The highest BCUT2D eigenvalue weighted by atomic mass is 16.5. The van der Waals surface area contributed by atoms with E-state index in [0.717, 1.165) is 0 Å². The van der Waals surface area contributed by atoms with Crippen LogP contribution in [0.25, 0.3) is 0 Å². The molecule has 1 amide bonds. The molecule has 0 spiro atoms. The number of carbonyl (C=O) groups is 2. The normalized spacial score (nSPS) is 17.7. The average Bonchev–Trinajstić information content (AvgIpc) is 2.40. The molecule has 1 aliphatic heterocycles. The molecular formula is C13H16N2O4. The molecular weight excluding hydrogens is 248 g/mol. The molecule has 0 radical (unpaired) electrons. The molecule has 1 heterocycles. The second kappa shape index (κ2) is 5.27. The molecule has 1 aromatic carbocycles. The van der Waals surface area contributed by atoms with Crippen LogP contribution >= 0.6 is 0 Å². The Morgan fingerprint density at radius 3 is 2.47 bits per heavy atom. The lowest BCUT2D eigenvalue weighted by Crippen LogP contribution is -2.50. The summed E-state index contributed by atoms with van der Waals surface area (Å²) < 4.78 is 5.20. The summed E-state index contributed by atoms with van der Waals surface area (Å²) in [4.78, 5) is 22.9. The van der Waals surface area contributed by atoms with Crippen LogP contribution in [0.2, 0.25) is 0 Å². The van der Waals surface area contributed by atoms with Gasteiger partial charge in [0.25, 0.3) is 5.91 Å². The molecule has 0 aliphatic carbocycles. The van der Waals surface area contributed by atoms with Crippen molar-refractivity contribution in [3.63, 3.8) is 0 Å². The van der Waals surface area contributed by atoms with Gasteiger partial charge in [0, 0.05) is 31.7 Å². The van der Waals surface area contributed by atoms with Crippen LogP contribution in [-0.4, -0.2) is 35.7 Å². The van der Waals surface area contributed by atoms with Crippen LogP contribution in [0.4, 0.5) is 5.69 Å². The number of aliphatic carboxylic acids is 1. The largest absolute Gasteiger partial charge is 0.480 e. The van der Waals surface area contributed by atoms with Crippen molar-refractivity contribution in [2.24, 2.45) is 5.73 Å². The molecule has 1 aromatic rings. The lowest BCUT2D eigenvalue weighted by atomic mass is 9.89. The summed E-state index contributed by atoms with van der Waals surface area (Å²) in [7, 11) is 0. The number of carboxylic acids is 1. The van der Waals surface area contributed by atoms with Crippen LogP contribution in [0, 0.1) is 0 Å². The van der Waals surface area contributed by atoms with E-state index in [4.69, 9.17) is 10.5 Å². The first-order chi connectivity index (χ1) is 9.05. The first kappa shape index (κ1) is 13.4. The van der Waals surface area contributed by atoms with Crippen molar-refractivity contribution >= 4 is 17.6 Å². The molecule has 1 fully saturated rings. The number of carboxylic acid groups (broad SMARTS) is 1. The van der Waals surface area contributed by atoms with Crippen molar-refractivity contribution in [1.82, 2.24) is 0 Å². The number of benzene rings is 1. The predicted molar refractivity (Wildman–Crippen MR) is 69.0 cm³/mol. The number of hydrogen-bond acceptors (Lipinski definition) is 4. The van der Waals surface area contributed by atoms with E-state index < -0.39 is 17.4 Å². The van der Waals surface area contributed by atoms with E-state index in [1.165, 1.54) is 0 Å². The SMILES string of the molecule is NC(=O)c1ccccc1NC1(C(=O)O)CCOCC1. The minimum absolute atomic E-state index is 0.287. The van der Waals surface area contributed by atoms with Crippen LogP contribution in [-0.2, 0) is 9.53 Å². The highest BCUT2D eigenvalue weighted by Gasteiger charge is 2.40. The Kier molecular flexibility index (Phi) is 3.71. The number of amides is 1. The number of carbonyl (C=O) groups excluding carboxylic acids is 1. The third kappa shape index (κ3) is 2.68. The molecule has 0 atom stereocenters. The molecule has 0 unspecified atom stereocenters. The average molecular weight is 264 g/mol. The zero-order valence-corrected chi connectivity index (χ0v) is 10.4. The number of anilines is 1. The number of primary amides is 1. The van der Waals surface area contributed by atoms with E-state index in [9.17, 15) is 14.7 Å². The second-order valence-electron chi connectivity index (χ2n) is 4.53. The number of hydrogen-bond donors (Lipinski definition) is 3. The van der Waals surface area contributed by atoms with Crippen molar-refractivity contribution < 1.29 is 19.4 Å². The minimum Gasteiger partial charge on any atom is -0.480 e. The van der Waals surface area contributed by atoms with Crippen molar-refractivity contribution in [2.45, 2.75) is 18.4 Å². The first-order valence-electron chi connectivity index (χ1n) is 6.03. The Labute approximate surface area is 110 Å². The molecule has 0 saturated carbocycles. The quantitative estimate of drug-likeness (QED) is 0.747. The molecule has 0 aromatic heterocycles. The molecule has 0 bridgehead atoms. The van der Waals surface area contributed by atoms with E-state index in [0.29, 0.717) is 31.7 Å². The van der Waals surface area contributed by atoms with Crippen LogP contribution in [0.3, 0.4) is 0 Å². The van der Waals surface area contributed by atoms with Crippen molar-refractivity contribution in [3.05, 3.63) is 29.8 Å². The van der Waals surface area contributed by atoms with Gasteiger partial charge in [0.2, 0.25) is 0 Å². The maximum atomic E-state index is 11.5. The molecule has 19 heavy (non-hydrogen) atoms. The van der Waals surface area contributed by atoms with Gasteiger partial charge in [-0.15, -0.1) is 0 Å². The molecule has 2 rings (SSSR count). The van der Waals surface area contributed by atoms with E-state index in [1.54, 1.807) is 24.3 Å². The molecule has 4 N–H and O–H groups in total. The monoisotopic (exact) mass is 264 g/mol. The molecule has 6 nitrogen and oxygen atoms in total. The predicted octanol–water partition coefficient (Wildman–Crippen LogP) is 0.831. The Bertz CT molecular complexity index is 495. The van der Waals surface area contributed by atoms with Gasteiger partial charge in [-0.1, -0.05) is 12.1 Å². The van der Waals surface area contributed by atoms with E-state index >= 15 is 0 Å². The fourth-order valence-corrected chi connectivity index (χ4v) is 2.18. The second-order valence-corrected chi connectivity index (χ2v) is 4.53. The fourth-order valence-electron chi connectivity index (χ4n) is 2.18. The third-order valence-corrected chi connectivity index (χ3v) is 3.32. The van der Waals surface area contributed by atoms with Gasteiger partial charge in [0.1, 0.15) is 5.54 Å². The van der Waals surface area contributed by atoms with Gasteiger partial charge in [-0.3, -0.25) is 4.79 Å². The van der Waals surface area contributed by atoms with Crippen molar-refractivity contribution in [3.8, 4) is 0 Å². The highest BCUT2D eigenvalue weighted by Crippen LogP contribution is 2.28. The Balaban J connectivity index is 2.32. The number of para-hydroxylation sites is 1. The van der Waals surface area contributed by atoms with Gasteiger partial charge in [-0.25, -0.2) is 4.79 Å². The van der Waals surface area contributed by atoms with Gasteiger partial charge >= 0.3 is 5.97 Å². The highest BCUT2D eigenvalue weighted by molar-refractivity contribution is 5.99. The molecule has 6 heteroatoms. The minimum atomic E-state index is -1.11. The van der Waals surface area contributed by atoms with Gasteiger partial charge in [0.05, 0.1) is 5.56 Å². The summed E-state index contributed by atoms with van der Waals surface area (Å²) in [6.07, 6.45) is 0.685. The molecule has 102 valence electrons. The van der Waals surface area contributed by atoms with E-state index in [2.05, 4.69) is 5.32 Å². The molecule has 1 saturated heterocycles. The van der Waals surface area contributed by atoms with Gasteiger partial charge in [0.15, 0.2) is 0 Å². The number of nitrogens with one attached hydrogen (secondary N) is 1. The maximum Gasteiger partial charge on any atom is 0.329 e. The van der Waals surface area contributed by atoms with Crippen molar-refractivity contribution in [2.75, 3.05) is 18.5 Å². The van der Waals surface area contributed by atoms with Crippen LogP contribution in [0.5, 0.6) is 0 Å². The lowest BCUT2D eigenvalue weighted by Gasteiger charge is -2.35. The summed E-state index contributed by atoms with van der Waals surface area (Å²) in [5.74, 6) is -1.54. The standard InChI is InChI=1S/C13H16N2O4/c14-11(16)9-3-1-2-4-10(9)15-13(12(17)18)5-7-19-8-6-13/h1-4,15H,5-8H2,(H2,14,16)(H,17,18). The summed E-state index contributed by atoms with van der Waals surface area (Å²) in [5, 5.41) is 12.4.